The first-order valence-corrected chi connectivity index (χ1v) is 11.0. The topological polar surface area (TPSA) is 77.0 Å². The summed E-state index contributed by atoms with van der Waals surface area (Å²) in [7, 11) is 1.99. The minimum atomic E-state index is 0.339. The van der Waals surface area contributed by atoms with Crippen LogP contribution in [0.5, 0.6) is 0 Å². The predicted octanol–water partition coefficient (Wildman–Crippen LogP) is 4.06. The number of hydrogen-bond donors (Lipinski definition) is 0. The Labute approximate surface area is 192 Å². The third-order valence-electron chi connectivity index (χ3n) is 6.41. The van der Waals surface area contributed by atoms with Gasteiger partial charge >= 0.3 is 0 Å². The Morgan fingerprint density at radius 3 is 2.48 bits per heavy atom. The van der Waals surface area contributed by atoms with Crippen molar-refractivity contribution in [2.45, 2.75) is 19.4 Å². The first kappa shape index (κ1) is 20.7. The third kappa shape index (κ3) is 3.80. The lowest BCUT2D eigenvalue weighted by Crippen LogP contribution is -2.33. The number of carbonyl (C=O) groups excluding carboxylic acids is 1. The highest BCUT2D eigenvalue weighted by Crippen LogP contribution is 2.34. The number of amidine groups is 1. The summed E-state index contributed by atoms with van der Waals surface area (Å²) >= 11 is 0. The van der Waals surface area contributed by atoms with Crippen LogP contribution in [-0.4, -0.2) is 43.0 Å². The Morgan fingerprint density at radius 1 is 1.03 bits per heavy atom. The van der Waals surface area contributed by atoms with E-state index in [1.165, 1.54) is 5.56 Å². The second kappa shape index (κ2) is 8.40. The Balaban J connectivity index is 1.56. The Kier molecular flexibility index (Phi) is 5.27. The molecule has 1 saturated heterocycles. The van der Waals surface area contributed by atoms with E-state index < -0.39 is 0 Å². The zero-order valence-corrected chi connectivity index (χ0v) is 18.5. The van der Waals surface area contributed by atoms with Crippen LogP contribution in [0.1, 0.15) is 29.7 Å². The van der Waals surface area contributed by atoms with E-state index in [1.807, 2.05) is 31.3 Å². The number of fused-ring (bicyclic) bond motifs is 2. The average Bonchev–Trinajstić information content (AvgIpc) is 3.22. The van der Waals surface area contributed by atoms with Gasteiger partial charge in [0.1, 0.15) is 5.78 Å². The molecule has 5 rings (SSSR count). The molecule has 3 aromatic rings. The van der Waals surface area contributed by atoms with Gasteiger partial charge in [0, 0.05) is 69.4 Å². The Hall–Kier alpha value is -4.18. The van der Waals surface area contributed by atoms with Crippen LogP contribution in [0.4, 0.5) is 11.4 Å². The fourth-order valence-electron chi connectivity index (χ4n) is 4.62. The van der Waals surface area contributed by atoms with Crippen molar-refractivity contribution in [1.29, 1.82) is 5.26 Å². The number of Topliss-reactive ketones (excluding diaryl/α,β-unsaturated/α-hetero) is 1. The monoisotopic (exact) mass is 436 g/mol. The molecule has 0 atom stereocenters. The number of anilines is 2. The number of nitrogens with zero attached hydrogens (tertiary/aromatic N) is 6. The molecule has 1 fully saturated rings. The molecule has 164 valence electrons. The summed E-state index contributed by atoms with van der Waals surface area (Å²) in [6.45, 7) is 5.78. The molecule has 0 saturated carbocycles. The molecule has 0 amide bonds. The van der Waals surface area contributed by atoms with Crippen LogP contribution < -0.4 is 9.80 Å². The standard InChI is InChI=1S/C26H24N6O/c1-28-29-26-25-14-20(19-5-3-18(15-27)4-6-19)16-32(25)17-21-13-22(7-8-24(21)30(26)2)31-11-9-23(33)10-12-31/h3-8,13-14,16H,1,9-12,17H2,2H3/b29-26-. The summed E-state index contributed by atoms with van der Waals surface area (Å²) in [6, 6.07) is 18.3. The first-order valence-electron chi connectivity index (χ1n) is 11.0. The largest absolute Gasteiger partial charge is 0.371 e. The Morgan fingerprint density at radius 2 is 1.79 bits per heavy atom. The maximum atomic E-state index is 11.7. The maximum Gasteiger partial charge on any atom is 0.179 e. The van der Waals surface area contributed by atoms with Crippen LogP contribution in [0.2, 0.25) is 0 Å². The number of carbonyl (C=O) groups is 1. The summed E-state index contributed by atoms with van der Waals surface area (Å²) in [5, 5.41) is 17.3. The van der Waals surface area contributed by atoms with E-state index in [9.17, 15) is 4.79 Å². The lowest BCUT2D eigenvalue weighted by Gasteiger charge is -2.29. The number of aromatic nitrogens is 1. The van der Waals surface area contributed by atoms with Gasteiger partial charge in [0.2, 0.25) is 0 Å². The van der Waals surface area contributed by atoms with Crippen molar-refractivity contribution >= 4 is 29.7 Å². The van der Waals surface area contributed by atoms with E-state index in [-0.39, 0.29) is 0 Å². The molecule has 7 nitrogen and oxygen atoms in total. The molecule has 0 spiro atoms. The van der Waals surface area contributed by atoms with Crippen LogP contribution in [0.25, 0.3) is 11.1 Å². The minimum Gasteiger partial charge on any atom is -0.371 e. The summed E-state index contributed by atoms with van der Waals surface area (Å²) in [6.07, 6.45) is 3.33. The van der Waals surface area contributed by atoms with Crippen LogP contribution in [-0.2, 0) is 11.3 Å². The molecule has 1 aromatic heterocycles. The number of piperidine rings is 1. The van der Waals surface area contributed by atoms with Gasteiger partial charge in [-0.25, -0.2) is 0 Å². The van der Waals surface area contributed by atoms with Gasteiger partial charge in [0.05, 0.1) is 17.3 Å². The van der Waals surface area contributed by atoms with Gasteiger partial charge in [-0.05, 0) is 47.5 Å². The van der Waals surface area contributed by atoms with E-state index >= 15 is 0 Å². The average molecular weight is 437 g/mol. The van der Waals surface area contributed by atoms with E-state index in [0.717, 1.165) is 47.1 Å². The van der Waals surface area contributed by atoms with Crippen molar-refractivity contribution in [2.75, 3.05) is 29.9 Å². The van der Waals surface area contributed by atoms with Crippen LogP contribution >= 0.6 is 0 Å². The fraction of sp³-hybridized carbons (Fsp3) is 0.231. The van der Waals surface area contributed by atoms with E-state index in [2.05, 4.69) is 67.8 Å². The maximum absolute atomic E-state index is 11.7. The first-order chi connectivity index (χ1) is 16.1. The SMILES string of the molecule is C=N/N=C1/c2cc(-c3ccc(C#N)cc3)cn2Cc2cc(N3CCC(=O)CC3)ccc2N1C. The van der Waals surface area contributed by atoms with Crippen molar-refractivity contribution < 1.29 is 4.79 Å². The molecular weight excluding hydrogens is 412 g/mol. The van der Waals surface area contributed by atoms with Gasteiger partial charge in [0.15, 0.2) is 5.84 Å². The normalized spacial score (nSPS) is 16.7. The van der Waals surface area contributed by atoms with Crippen LogP contribution in [0.15, 0.2) is 64.9 Å². The van der Waals surface area contributed by atoms with Gasteiger partial charge in [-0.3, -0.25) is 4.79 Å². The molecule has 7 heteroatoms. The quantitative estimate of drug-likeness (QED) is 0.458. The third-order valence-corrected chi connectivity index (χ3v) is 6.41. The molecule has 33 heavy (non-hydrogen) atoms. The summed E-state index contributed by atoms with van der Waals surface area (Å²) in [5.41, 5.74) is 7.05. The molecule has 0 aliphatic carbocycles. The van der Waals surface area contributed by atoms with Crippen LogP contribution in [0.3, 0.4) is 0 Å². The second-order valence-electron chi connectivity index (χ2n) is 8.39. The number of ketones is 1. The lowest BCUT2D eigenvalue weighted by atomic mass is 10.1. The molecule has 3 heterocycles. The zero-order chi connectivity index (χ0) is 22.9. The van der Waals surface area contributed by atoms with Crippen LogP contribution in [0, 0.1) is 11.3 Å². The predicted molar refractivity (Wildman–Crippen MR) is 131 cm³/mol. The molecule has 0 radical (unpaired) electrons. The summed E-state index contributed by atoms with van der Waals surface area (Å²) in [4.78, 5) is 16.0. The zero-order valence-electron chi connectivity index (χ0n) is 18.5. The van der Waals surface area contributed by atoms with E-state index in [0.29, 0.717) is 30.7 Å². The number of nitriles is 1. The molecule has 0 bridgehead atoms. The van der Waals surface area contributed by atoms with Gasteiger partial charge in [-0.15, -0.1) is 5.10 Å². The fourth-order valence-corrected chi connectivity index (χ4v) is 4.62. The van der Waals surface area contributed by atoms with Crippen molar-refractivity contribution in [3.8, 4) is 17.2 Å². The molecule has 0 N–H and O–H groups in total. The lowest BCUT2D eigenvalue weighted by molar-refractivity contribution is -0.119. The molecular formula is C26H24N6O. The highest BCUT2D eigenvalue weighted by molar-refractivity contribution is 6.10. The van der Waals surface area contributed by atoms with Gasteiger partial charge < -0.3 is 14.4 Å². The van der Waals surface area contributed by atoms with Crippen molar-refractivity contribution in [3.63, 3.8) is 0 Å². The van der Waals surface area contributed by atoms with Gasteiger partial charge in [0.25, 0.3) is 0 Å². The molecule has 2 aliphatic rings. The highest BCUT2D eigenvalue weighted by atomic mass is 16.1. The van der Waals surface area contributed by atoms with E-state index in [4.69, 9.17) is 5.26 Å². The number of rotatable bonds is 3. The van der Waals surface area contributed by atoms with E-state index in [1.54, 1.807) is 0 Å². The van der Waals surface area contributed by atoms with Crippen molar-refractivity contribution in [2.24, 2.45) is 10.2 Å². The van der Waals surface area contributed by atoms with Gasteiger partial charge in [-0.1, -0.05) is 12.1 Å². The second-order valence-corrected chi connectivity index (χ2v) is 8.39. The minimum absolute atomic E-state index is 0.339. The molecule has 2 aliphatic heterocycles. The van der Waals surface area contributed by atoms with Crippen molar-refractivity contribution in [3.05, 3.63) is 71.5 Å². The summed E-state index contributed by atoms with van der Waals surface area (Å²) < 4.78 is 2.18. The number of hydrogen-bond acceptors (Lipinski definition) is 5. The summed E-state index contributed by atoms with van der Waals surface area (Å²) in [5.74, 6) is 1.06. The highest BCUT2D eigenvalue weighted by Gasteiger charge is 2.25. The number of benzene rings is 2. The van der Waals surface area contributed by atoms with Gasteiger partial charge in [-0.2, -0.15) is 10.4 Å². The van der Waals surface area contributed by atoms with Crippen molar-refractivity contribution in [1.82, 2.24) is 4.57 Å². The smallest absolute Gasteiger partial charge is 0.179 e. The molecule has 2 aromatic carbocycles. The molecule has 0 unspecified atom stereocenters. The Bertz CT molecular complexity index is 1300.